The Balaban J connectivity index is 1.82. The summed E-state index contributed by atoms with van der Waals surface area (Å²) < 4.78 is 30.7. The molecule has 0 bridgehead atoms. The molecular formula is C22H26BrNO4S. The van der Waals surface area contributed by atoms with Gasteiger partial charge in [-0.05, 0) is 54.3 Å². The lowest BCUT2D eigenvalue weighted by Crippen LogP contribution is -2.40. The summed E-state index contributed by atoms with van der Waals surface area (Å²) in [6.45, 7) is 5.13. The second kappa shape index (κ2) is 9.30. The van der Waals surface area contributed by atoms with Crippen molar-refractivity contribution in [2.24, 2.45) is 5.92 Å². The molecule has 1 saturated heterocycles. The van der Waals surface area contributed by atoms with Gasteiger partial charge in [0.15, 0.2) is 9.84 Å². The minimum atomic E-state index is -3.10. The van der Waals surface area contributed by atoms with Gasteiger partial charge in [-0.1, -0.05) is 41.9 Å². The monoisotopic (exact) mass is 479 g/mol. The fraction of sp³-hybridized carbons (Fsp3) is 0.409. The zero-order valence-electron chi connectivity index (χ0n) is 16.7. The molecule has 1 heterocycles. The van der Waals surface area contributed by atoms with Crippen LogP contribution in [0.1, 0.15) is 36.2 Å². The van der Waals surface area contributed by atoms with Crippen molar-refractivity contribution >= 4 is 31.7 Å². The second-order valence-electron chi connectivity index (χ2n) is 7.85. The van der Waals surface area contributed by atoms with Gasteiger partial charge in [-0.15, -0.1) is 0 Å². The van der Waals surface area contributed by atoms with E-state index in [1.807, 2.05) is 24.3 Å². The molecule has 156 valence electrons. The molecule has 1 atom stereocenters. The molecule has 0 spiro atoms. The van der Waals surface area contributed by atoms with Crippen molar-refractivity contribution in [3.63, 3.8) is 0 Å². The minimum absolute atomic E-state index is 0.0162. The van der Waals surface area contributed by atoms with E-state index in [-0.39, 0.29) is 23.5 Å². The Bertz CT molecular complexity index is 957. The summed E-state index contributed by atoms with van der Waals surface area (Å²) in [5, 5.41) is 0. The molecule has 1 aliphatic heterocycles. The van der Waals surface area contributed by atoms with Crippen LogP contribution < -0.4 is 4.74 Å². The van der Waals surface area contributed by atoms with Gasteiger partial charge in [0.25, 0.3) is 5.91 Å². The Hall–Kier alpha value is -1.86. The topological polar surface area (TPSA) is 63.7 Å². The highest BCUT2D eigenvalue weighted by molar-refractivity contribution is 9.10. The number of nitrogens with zero attached hydrogens (tertiary/aromatic N) is 1. The highest BCUT2D eigenvalue weighted by atomic mass is 79.9. The Labute approximate surface area is 181 Å². The number of hydrogen-bond donors (Lipinski definition) is 0. The normalized spacial score (nSPS) is 18.0. The first kappa shape index (κ1) is 21.8. The van der Waals surface area contributed by atoms with Crippen molar-refractivity contribution in [3.05, 3.63) is 64.1 Å². The summed E-state index contributed by atoms with van der Waals surface area (Å²) >= 11 is 3.46. The van der Waals surface area contributed by atoms with Crippen LogP contribution in [0, 0.1) is 5.92 Å². The largest absolute Gasteiger partial charge is 0.493 e. The third-order valence-electron chi connectivity index (χ3n) is 4.84. The first-order valence-electron chi connectivity index (χ1n) is 9.72. The van der Waals surface area contributed by atoms with Crippen molar-refractivity contribution in [3.8, 4) is 5.75 Å². The van der Waals surface area contributed by atoms with Gasteiger partial charge in [0.2, 0.25) is 0 Å². The number of halogens is 1. The summed E-state index contributed by atoms with van der Waals surface area (Å²) in [5.74, 6) is 1.12. The van der Waals surface area contributed by atoms with Gasteiger partial charge in [0.1, 0.15) is 5.75 Å². The molecule has 0 aliphatic carbocycles. The van der Waals surface area contributed by atoms with Crippen LogP contribution in [-0.2, 0) is 16.4 Å². The molecule has 0 N–H and O–H groups in total. The van der Waals surface area contributed by atoms with Crippen LogP contribution in [0.15, 0.2) is 53.0 Å². The Morgan fingerprint density at radius 1 is 1.21 bits per heavy atom. The molecule has 1 aliphatic rings. The molecule has 0 aromatic heterocycles. The number of sulfone groups is 1. The number of benzene rings is 2. The van der Waals surface area contributed by atoms with E-state index >= 15 is 0 Å². The van der Waals surface area contributed by atoms with Crippen LogP contribution in [0.25, 0.3) is 0 Å². The summed E-state index contributed by atoms with van der Waals surface area (Å²) in [6.07, 6.45) is 0.470. The summed E-state index contributed by atoms with van der Waals surface area (Å²) in [4.78, 5) is 15.0. The van der Waals surface area contributed by atoms with E-state index in [0.717, 1.165) is 15.8 Å². The molecular weight excluding hydrogens is 454 g/mol. The molecule has 29 heavy (non-hydrogen) atoms. The summed E-state index contributed by atoms with van der Waals surface area (Å²) in [7, 11) is -3.10. The fourth-order valence-electron chi connectivity index (χ4n) is 3.34. The van der Waals surface area contributed by atoms with E-state index in [1.165, 1.54) is 0 Å². The molecule has 5 nitrogen and oxygen atoms in total. The lowest BCUT2D eigenvalue weighted by Gasteiger charge is -2.28. The number of amides is 1. The maximum Gasteiger partial charge on any atom is 0.254 e. The first-order chi connectivity index (χ1) is 13.7. The molecule has 2 aromatic carbocycles. The third kappa shape index (κ3) is 6.06. The van der Waals surface area contributed by atoms with E-state index < -0.39 is 9.84 Å². The van der Waals surface area contributed by atoms with Crippen molar-refractivity contribution in [1.82, 2.24) is 4.90 Å². The maximum absolute atomic E-state index is 13.3. The van der Waals surface area contributed by atoms with Crippen LogP contribution in [0.3, 0.4) is 0 Å². The van der Waals surface area contributed by atoms with Crippen molar-refractivity contribution in [2.75, 3.05) is 18.1 Å². The first-order valence-corrected chi connectivity index (χ1v) is 12.3. The molecule has 0 unspecified atom stereocenters. The van der Waals surface area contributed by atoms with Gasteiger partial charge >= 0.3 is 0 Å². The summed E-state index contributed by atoms with van der Waals surface area (Å²) in [5.41, 5.74) is 1.48. The van der Waals surface area contributed by atoms with Gasteiger partial charge in [0.05, 0.1) is 18.1 Å². The standard InChI is InChI=1S/C22H26BrNO4S/c1-16(2)14-28-21-8-6-18(7-9-21)22(25)24(20-10-11-29(26,27)15-20)13-17-4-3-5-19(23)12-17/h3-9,12,16,20H,10-11,13-15H2,1-2H3/t20-/m1/s1. The van der Waals surface area contributed by atoms with Crippen LogP contribution >= 0.6 is 15.9 Å². The van der Waals surface area contributed by atoms with Crippen LogP contribution in [0.2, 0.25) is 0 Å². The number of carbonyl (C=O) groups is 1. The van der Waals surface area contributed by atoms with E-state index in [4.69, 9.17) is 4.74 Å². The smallest absolute Gasteiger partial charge is 0.254 e. The minimum Gasteiger partial charge on any atom is -0.493 e. The lowest BCUT2D eigenvalue weighted by atomic mass is 10.1. The number of ether oxygens (including phenoxy) is 1. The zero-order chi connectivity index (χ0) is 21.0. The molecule has 3 rings (SSSR count). The lowest BCUT2D eigenvalue weighted by molar-refractivity contribution is 0.0681. The van der Waals surface area contributed by atoms with E-state index in [0.29, 0.717) is 31.1 Å². The van der Waals surface area contributed by atoms with Crippen LogP contribution in [0.5, 0.6) is 5.75 Å². The average molecular weight is 480 g/mol. The predicted octanol–water partition coefficient (Wildman–Crippen LogP) is 4.31. The molecule has 2 aromatic rings. The molecule has 0 saturated carbocycles. The molecule has 0 radical (unpaired) electrons. The van der Waals surface area contributed by atoms with Crippen molar-refractivity contribution < 1.29 is 17.9 Å². The van der Waals surface area contributed by atoms with Gasteiger partial charge < -0.3 is 9.64 Å². The van der Waals surface area contributed by atoms with E-state index in [1.54, 1.807) is 29.2 Å². The van der Waals surface area contributed by atoms with Gasteiger partial charge in [-0.3, -0.25) is 4.79 Å². The number of carbonyl (C=O) groups excluding carboxylic acids is 1. The predicted molar refractivity (Wildman–Crippen MR) is 118 cm³/mol. The Morgan fingerprint density at radius 3 is 2.52 bits per heavy atom. The van der Waals surface area contributed by atoms with Gasteiger partial charge in [-0.2, -0.15) is 0 Å². The highest BCUT2D eigenvalue weighted by Crippen LogP contribution is 2.24. The maximum atomic E-state index is 13.3. The second-order valence-corrected chi connectivity index (χ2v) is 11.0. The van der Waals surface area contributed by atoms with Crippen LogP contribution in [0.4, 0.5) is 0 Å². The fourth-order valence-corrected chi connectivity index (χ4v) is 5.52. The highest BCUT2D eigenvalue weighted by Gasteiger charge is 2.35. The van der Waals surface area contributed by atoms with Crippen molar-refractivity contribution in [1.29, 1.82) is 0 Å². The Kier molecular flexibility index (Phi) is 7.01. The zero-order valence-corrected chi connectivity index (χ0v) is 19.1. The van der Waals surface area contributed by atoms with E-state index in [9.17, 15) is 13.2 Å². The molecule has 1 amide bonds. The SMILES string of the molecule is CC(C)COc1ccc(C(=O)N(Cc2cccc(Br)c2)[C@@H]2CCS(=O)(=O)C2)cc1. The number of rotatable bonds is 7. The quantitative estimate of drug-likeness (QED) is 0.593. The van der Waals surface area contributed by atoms with Crippen molar-refractivity contribution in [2.45, 2.75) is 32.9 Å². The van der Waals surface area contributed by atoms with Gasteiger partial charge in [0, 0.05) is 22.6 Å². The average Bonchev–Trinajstić information content (AvgIpc) is 3.04. The third-order valence-corrected chi connectivity index (χ3v) is 7.08. The van der Waals surface area contributed by atoms with Gasteiger partial charge in [-0.25, -0.2) is 8.42 Å². The van der Waals surface area contributed by atoms with E-state index in [2.05, 4.69) is 29.8 Å². The molecule has 7 heteroatoms. The number of hydrogen-bond acceptors (Lipinski definition) is 4. The van der Waals surface area contributed by atoms with Crippen LogP contribution in [-0.4, -0.2) is 43.4 Å². The Morgan fingerprint density at radius 2 is 1.93 bits per heavy atom. The molecule has 1 fully saturated rings. The summed E-state index contributed by atoms with van der Waals surface area (Å²) in [6, 6.07) is 14.5.